The number of carbonyl (C=O) groups excluding carboxylic acids is 2. The summed E-state index contributed by atoms with van der Waals surface area (Å²) in [7, 11) is 0. The third kappa shape index (κ3) is 5.20. The molecule has 2 unspecified atom stereocenters. The molecule has 0 radical (unpaired) electrons. The lowest BCUT2D eigenvalue weighted by Crippen LogP contribution is -2.49. The summed E-state index contributed by atoms with van der Waals surface area (Å²) in [6.45, 7) is 5.71. The molecule has 0 spiro atoms. The monoisotopic (exact) mass is 491 g/mol. The highest BCUT2D eigenvalue weighted by Gasteiger charge is 2.29. The number of carbonyl (C=O) groups is 2. The van der Waals surface area contributed by atoms with Gasteiger partial charge in [0.25, 0.3) is 11.8 Å². The number of rotatable bonds is 5. The molecule has 35 heavy (non-hydrogen) atoms. The van der Waals surface area contributed by atoms with E-state index in [0.717, 1.165) is 44.3 Å². The molecule has 5 rings (SSSR count). The molecule has 3 heterocycles. The average molecular weight is 492 g/mol. The number of hydrogen-bond donors (Lipinski definition) is 0. The summed E-state index contributed by atoms with van der Waals surface area (Å²) in [5, 5.41) is 1.18. The Morgan fingerprint density at radius 3 is 2.34 bits per heavy atom. The maximum Gasteiger partial charge on any atom is 0.260 e. The Hall–Kier alpha value is -2.93. The van der Waals surface area contributed by atoms with Crippen molar-refractivity contribution in [3.05, 3.63) is 59.1 Å². The first-order valence-electron chi connectivity index (χ1n) is 12.7. The summed E-state index contributed by atoms with van der Waals surface area (Å²) in [6.07, 6.45) is 5.13. The minimum atomic E-state index is 0.0286. The van der Waals surface area contributed by atoms with Crippen molar-refractivity contribution in [3.63, 3.8) is 0 Å². The number of nitrogens with zero attached hydrogens (tertiary/aromatic N) is 3. The van der Waals surface area contributed by atoms with Gasteiger partial charge in [0.05, 0.1) is 15.2 Å². The third-order valence-corrected chi connectivity index (χ3v) is 8.59. The number of amides is 2. The van der Waals surface area contributed by atoms with E-state index >= 15 is 0 Å². The third-order valence-electron chi connectivity index (χ3n) is 7.39. The lowest BCUT2D eigenvalue weighted by molar-refractivity contribution is -0.139. The van der Waals surface area contributed by atoms with Crippen LogP contribution in [0.4, 0.5) is 0 Å². The molecular formula is C28H33N3O3S. The highest BCUT2D eigenvalue weighted by molar-refractivity contribution is 7.18. The van der Waals surface area contributed by atoms with Gasteiger partial charge in [-0.05, 0) is 82.3 Å². The lowest BCUT2D eigenvalue weighted by atomic mass is 9.97. The van der Waals surface area contributed by atoms with E-state index in [-0.39, 0.29) is 30.5 Å². The van der Waals surface area contributed by atoms with E-state index in [1.807, 2.05) is 15.9 Å². The fourth-order valence-electron chi connectivity index (χ4n) is 5.40. The second kappa shape index (κ2) is 10.4. The minimum Gasteiger partial charge on any atom is -0.484 e. The van der Waals surface area contributed by atoms with Gasteiger partial charge < -0.3 is 14.5 Å². The molecule has 184 valence electrons. The smallest absolute Gasteiger partial charge is 0.260 e. The van der Waals surface area contributed by atoms with E-state index in [4.69, 9.17) is 9.72 Å². The predicted molar refractivity (Wildman–Crippen MR) is 139 cm³/mol. The van der Waals surface area contributed by atoms with Gasteiger partial charge in [0, 0.05) is 36.7 Å². The van der Waals surface area contributed by atoms with Crippen LogP contribution in [-0.4, -0.2) is 58.4 Å². The van der Waals surface area contributed by atoms with Gasteiger partial charge >= 0.3 is 0 Å². The normalized spacial score (nSPS) is 21.3. The molecule has 0 aliphatic carbocycles. The molecule has 7 heteroatoms. The van der Waals surface area contributed by atoms with Gasteiger partial charge in [-0.3, -0.25) is 9.59 Å². The summed E-state index contributed by atoms with van der Waals surface area (Å²) >= 11 is 1.77. The maximum absolute atomic E-state index is 13.1. The van der Waals surface area contributed by atoms with Crippen LogP contribution in [-0.2, 0) is 4.79 Å². The quantitative estimate of drug-likeness (QED) is 0.474. The Morgan fingerprint density at radius 1 is 0.971 bits per heavy atom. The van der Waals surface area contributed by atoms with E-state index < -0.39 is 0 Å². The average Bonchev–Trinajstić information content (AvgIpc) is 3.32. The highest BCUT2D eigenvalue weighted by Crippen LogP contribution is 2.34. The van der Waals surface area contributed by atoms with Crippen molar-refractivity contribution in [1.29, 1.82) is 0 Å². The van der Waals surface area contributed by atoms with E-state index in [1.54, 1.807) is 35.6 Å². The van der Waals surface area contributed by atoms with Crippen LogP contribution in [0.15, 0.2) is 48.5 Å². The van der Waals surface area contributed by atoms with Crippen LogP contribution in [0.2, 0.25) is 0 Å². The number of fused-ring (bicyclic) bond motifs is 1. The molecule has 0 N–H and O–H groups in total. The number of para-hydroxylation sites is 1. The molecule has 0 saturated carbocycles. The van der Waals surface area contributed by atoms with Crippen LogP contribution in [0, 0.1) is 0 Å². The Balaban J connectivity index is 1.13. The van der Waals surface area contributed by atoms with Crippen molar-refractivity contribution >= 4 is 33.4 Å². The molecule has 0 bridgehead atoms. The molecule has 2 fully saturated rings. The molecule has 2 aliphatic rings. The number of aromatic nitrogens is 1. The number of thiazole rings is 1. The second-order valence-electron chi connectivity index (χ2n) is 9.83. The van der Waals surface area contributed by atoms with Gasteiger partial charge in [-0.1, -0.05) is 12.1 Å². The van der Waals surface area contributed by atoms with Crippen LogP contribution in [0.25, 0.3) is 10.2 Å². The lowest BCUT2D eigenvalue weighted by Gasteiger charge is -2.38. The zero-order chi connectivity index (χ0) is 24.4. The van der Waals surface area contributed by atoms with Gasteiger partial charge in [0.2, 0.25) is 0 Å². The zero-order valence-electron chi connectivity index (χ0n) is 20.5. The van der Waals surface area contributed by atoms with E-state index in [1.165, 1.54) is 16.1 Å². The van der Waals surface area contributed by atoms with Gasteiger partial charge in [-0.25, -0.2) is 4.98 Å². The summed E-state index contributed by atoms with van der Waals surface area (Å²) in [5.41, 5.74) is 1.72. The van der Waals surface area contributed by atoms with Crippen molar-refractivity contribution in [2.45, 2.75) is 64.0 Å². The van der Waals surface area contributed by atoms with Crippen molar-refractivity contribution in [2.75, 3.05) is 19.7 Å². The molecular weight excluding hydrogens is 458 g/mol. The standard InChI is InChI=1S/C28H33N3O3S/c1-19-6-5-7-20(2)31(19)26(32)18-34-23-12-10-22(11-13-23)28(33)30-16-14-21(15-17-30)27-29-24-8-3-4-9-25(24)35-27/h3-4,8-13,19-21H,5-7,14-18H2,1-2H3. The van der Waals surface area contributed by atoms with Gasteiger partial charge in [0.15, 0.2) is 6.61 Å². The first-order chi connectivity index (χ1) is 17.0. The summed E-state index contributed by atoms with van der Waals surface area (Å²) in [4.78, 5) is 34.4. The fourth-order valence-corrected chi connectivity index (χ4v) is 6.54. The molecule has 2 aromatic carbocycles. The Labute approximate surface area is 210 Å². The Kier molecular flexibility index (Phi) is 7.04. The van der Waals surface area contributed by atoms with Crippen molar-refractivity contribution < 1.29 is 14.3 Å². The van der Waals surface area contributed by atoms with Crippen molar-refractivity contribution in [2.24, 2.45) is 0 Å². The van der Waals surface area contributed by atoms with E-state index in [2.05, 4.69) is 32.0 Å². The summed E-state index contributed by atoms with van der Waals surface area (Å²) < 4.78 is 6.99. The van der Waals surface area contributed by atoms with Crippen LogP contribution >= 0.6 is 11.3 Å². The number of likely N-dealkylation sites (tertiary alicyclic amines) is 2. The largest absolute Gasteiger partial charge is 0.484 e. The number of ether oxygens (including phenoxy) is 1. The van der Waals surface area contributed by atoms with Crippen LogP contribution < -0.4 is 4.74 Å². The van der Waals surface area contributed by atoms with Crippen molar-refractivity contribution in [1.82, 2.24) is 14.8 Å². The molecule has 2 atom stereocenters. The van der Waals surface area contributed by atoms with Crippen LogP contribution in [0.5, 0.6) is 5.75 Å². The molecule has 2 saturated heterocycles. The number of benzene rings is 2. The Bertz CT molecular complexity index is 1140. The van der Waals surface area contributed by atoms with Gasteiger partial charge in [-0.15, -0.1) is 11.3 Å². The van der Waals surface area contributed by atoms with Gasteiger partial charge in [0.1, 0.15) is 5.75 Å². The van der Waals surface area contributed by atoms with E-state index in [9.17, 15) is 9.59 Å². The number of piperidine rings is 2. The minimum absolute atomic E-state index is 0.0286. The summed E-state index contributed by atoms with van der Waals surface area (Å²) in [5.74, 6) is 1.10. The topological polar surface area (TPSA) is 62.7 Å². The van der Waals surface area contributed by atoms with Crippen molar-refractivity contribution in [3.8, 4) is 5.75 Å². The van der Waals surface area contributed by atoms with Crippen LogP contribution in [0.3, 0.4) is 0 Å². The van der Waals surface area contributed by atoms with Crippen LogP contribution in [0.1, 0.15) is 67.2 Å². The SMILES string of the molecule is CC1CCCC(C)N1C(=O)COc1ccc(C(=O)N2CCC(c3nc4ccccc4s3)CC2)cc1. The molecule has 3 aromatic rings. The zero-order valence-corrected chi connectivity index (χ0v) is 21.3. The maximum atomic E-state index is 13.1. The number of hydrogen-bond acceptors (Lipinski definition) is 5. The molecule has 2 amide bonds. The summed E-state index contributed by atoms with van der Waals surface area (Å²) in [6, 6.07) is 15.9. The van der Waals surface area contributed by atoms with Gasteiger partial charge in [-0.2, -0.15) is 0 Å². The fraction of sp³-hybridized carbons (Fsp3) is 0.464. The Morgan fingerprint density at radius 2 is 1.66 bits per heavy atom. The van der Waals surface area contributed by atoms with E-state index in [0.29, 0.717) is 17.2 Å². The molecule has 1 aromatic heterocycles. The highest BCUT2D eigenvalue weighted by atomic mass is 32.1. The second-order valence-corrected chi connectivity index (χ2v) is 10.9. The first kappa shape index (κ1) is 23.8. The first-order valence-corrected chi connectivity index (χ1v) is 13.5. The predicted octanol–water partition coefficient (Wildman–Crippen LogP) is 5.48. The molecule has 2 aliphatic heterocycles. The molecule has 6 nitrogen and oxygen atoms in total.